The number of likely N-dealkylation sites (tertiary alicyclic amines) is 1. The summed E-state index contributed by atoms with van der Waals surface area (Å²) in [7, 11) is 0. The fourth-order valence-corrected chi connectivity index (χ4v) is 4.33. The number of carbonyl (C=O) groups excluding carboxylic acids is 2. The van der Waals surface area contributed by atoms with Gasteiger partial charge in [-0.1, -0.05) is 44.2 Å². The molecule has 0 aromatic heterocycles. The number of nitrogens with zero attached hydrogens (tertiary/aromatic N) is 1. The molecule has 3 aromatic rings. The van der Waals surface area contributed by atoms with Crippen molar-refractivity contribution in [1.82, 2.24) is 4.90 Å². The van der Waals surface area contributed by atoms with E-state index in [1.165, 1.54) is 11.0 Å². The number of carbonyl (C=O) groups is 3. The van der Waals surface area contributed by atoms with Crippen molar-refractivity contribution in [3.05, 3.63) is 83.7 Å². The van der Waals surface area contributed by atoms with E-state index in [0.29, 0.717) is 36.3 Å². The molecule has 0 aliphatic carbocycles. The highest BCUT2D eigenvalue weighted by Crippen LogP contribution is 2.25. The zero-order valence-corrected chi connectivity index (χ0v) is 20.1. The van der Waals surface area contributed by atoms with Crippen molar-refractivity contribution in [2.45, 2.75) is 38.6 Å². The molecular formula is C28H28FN3O4. The van der Waals surface area contributed by atoms with E-state index in [9.17, 15) is 18.8 Å². The lowest BCUT2D eigenvalue weighted by Gasteiger charge is -2.24. The zero-order valence-electron chi connectivity index (χ0n) is 20.1. The Morgan fingerprint density at radius 2 is 1.53 bits per heavy atom. The summed E-state index contributed by atoms with van der Waals surface area (Å²) in [6.07, 6.45) is 1.23. The number of anilines is 2. The second-order valence-electron chi connectivity index (χ2n) is 9.12. The summed E-state index contributed by atoms with van der Waals surface area (Å²) < 4.78 is 14.3. The van der Waals surface area contributed by atoms with Gasteiger partial charge in [0.05, 0.1) is 5.56 Å². The fourth-order valence-electron chi connectivity index (χ4n) is 4.33. The maximum absolute atomic E-state index is 14.3. The van der Waals surface area contributed by atoms with Gasteiger partial charge in [0.25, 0.3) is 0 Å². The zero-order chi connectivity index (χ0) is 25.8. The van der Waals surface area contributed by atoms with Gasteiger partial charge < -0.3 is 20.6 Å². The van der Waals surface area contributed by atoms with E-state index >= 15 is 0 Å². The summed E-state index contributed by atoms with van der Waals surface area (Å²) in [6.45, 7) is 4.23. The predicted octanol–water partition coefficient (Wildman–Crippen LogP) is 5.95. The second kappa shape index (κ2) is 10.6. The molecule has 1 fully saturated rings. The Bertz CT molecular complexity index is 1270. The van der Waals surface area contributed by atoms with Crippen LogP contribution < -0.4 is 10.6 Å². The van der Waals surface area contributed by atoms with E-state index in [1.807, 2.05) is 26.0 Å². The minimum Gasteiger partial charge on any atom is -0.478 e. The number of urea groups is 1. The molecule has 7 nitrogen and oxygen atoms in total. The van der Waals surface area contributed by atoms with Gasteiger partial charge in [-0.05, 0) is 71.8 Å². The molecule has 3 N–H and O–H groups in total. The highest BCUT2D eigenvalue weighted by atomic mass is 19.1. The van der Waals surface area contributed by atoms with Crippen LogP contribution in [-0.2, 0) is 4.79 Å². The largest absolute Gasteiger partial charge is 0.478 e. The van der Waals surface area contributed by atoms with Crippen molar-refractivity contribution in [3.63, 3.8) is 0 Å². The average molecular weight is 490 g/mol. The molecule has 0 bridgehead atoms. The number of rotatable bonds is 6. The van der Waals surface area contributed by atoms with Crippen molar-refractivity contribution in [2.24, 2.45) is 0 Å². The lowest BCUT2D eigenvalue weighted by molar-refractivity contribution is -0.119. The number of halogens is 1. The standard InChI is InChI=1S/C28H28FN3O4/c1-17(2)23-14-13-22(16-24(23)29)31-28(36)32-15-3-4-25(32)26(33)30-21-11-9-19(10-12-21)18-5-7-20(8-6-18)27(34)35/h5-14,16-17,25H,3-4,15H2,1-2H3,(H,30,33)(H,31,36)(H,34,35)/t25-/m1/s1. The highest BCUT2D eigenvalue weighted by molar-refractivity contribution is 5.99. The van der Waals surface area contributed by atoms with Gasteiger partial charge in [-0.15, -0.1) is 0 Å². The molecule has 3 aromatic carbocycles. The molecule has 1 heterocycles. The summed E-state index contributed by atoms with van der Waals surface area (Å²) in [5.74, 6) is -1.61. The van der Waals surface area contributed by atoms with Crippen molar-refractivity contribution in [3.8, 4) is 11.1 Å². The van der Waals surface area contributed by atoms with Crippen molar-refractivity contribution >= 4 is 29.3 Å². The quantitative estimate of drug-likeness (QED) is 0.398. The third-order valence-electron chi connectivity index (χ3n) is 6.31. The molecular weight excluding hydrogens is 461 g/mol. The number of hydrogen-bond acceptors (Lipinski definition) is 3. The van der Waals surface area contributed by atoms with Crippen molar-refractivity contribution < 1.29 is 23.9 Å². The van der Waals surface area contributed by atoms with Gasteiger partial charge in [-0.2, -0.15) is 0 Å². The Hall–Kier alpha value is -4.20. The molecule has 0 spiro atoms. The molecule has 1 saturated heterocycles. The van der Waals surface area contributed by atoms with E-state index in [1.54, 1.807) is 48.5 Å². The molecule has 3 amide bonds. The summed E-state index contributed by atoms with van der Waals surface area (Å²) >= 11 is 0. The van der Waals surface area contributed by atoms with E-state index in [4.69, 9.17) is 5.11 Å². The van der Waals surface area contributed by atoms with Crippen LogP contribution in [0.2, 0.25) is 0 Å². The third-order valence-corrected chi connectivity index (χ3v) is 6.31. The first-order valence-electron chi connectivity index (χ1n) is 11.8. The summed E-state index contributed by atoms with van der Waals surface area (Å²) in [5.41, 5.74) is 3.46. The third kappa shape index (κ3) is 5.54. The van der Waals surface area contributed by atoms with Crippen molar-refractivity contribution in [1.29, 1.82) is 0 Å². The number of hydrogen-bond donors (Lipinski definition) is 3. The molecule has 186 valence electrons. The number of carboxylic acids is 1. The van der Waals surface area contributed by atoms with Crippen LogP contribution in [-0.4, -0.2) is 40.5 Å². The average Bonchev–Trinajstić information content (AvgIpc) is 3.35. The van der Waals surface area contributed by atoms with E-state index in [-0.39, 0.29) is 23.2 Å². The Balaban J connectivity index is 1.39. The second-order valence-corrected chi connectivity index (χ2v) is 9.12. The molecule has 36 heavy (non-hydrogen) atoms. The topological polar surface area (TPSA) is 98.7 Å². The highest BCUT2D eigenvalue weighted by Gasteiger charge is 2.34. The fraction of sp³-hybridized carbons (Fsp3) is 0.250. The number of benzene rings is 3. The van der Waals surface area contributed by atoms with Gasteiger partial charge in [0.2, 0.25) is 5.91 Å². The van der Waals surface area contributed by atoms with Gasteiger partial charge in [-0.3, -0.25) is 4.79 Å². The van der Waals surface area contributed by atoms with Gasteiger partial charge in [-0.25, -0.2) is 14.0 Å². The molecule has 8 heteroatoms. The lowest BCUT2D eigenvalue weighted by Crippen LogP contribution is -2.45. The first-order chi connectivity index (χ1) is 17.2. The number of carboxylic acid groups (broad SMARTS) is 1. The Labute approximate surface area is 208 Å². The van der Waals surface area contributed by atoms with Crippen LogP contribution in [0.5, 0.6) is 0 Å². The van der Waals surface area contributed by atoms with Gasteiger partial charge in [0.15, 0.2) is 0 Å². The lowest BCUT2D eigenvalue weighted by atomic mass is 10.0. The van der Waals surface area contributed by atoms with E-state index in [0.717, 1.165) is 11.1 Å². The monoisotopic (exact) mass is 489 g/mol. The van der Waals surface area contributed by atoms with E-state index < -0.39 is 18.0 Å². The minimum atomic E-state index is -0.981. The Kier molecular flexibility index (Phi) is 7.33. The maximum atomic E-state index is 14.3. The first kappa shape index (κ1) is 24.9. The van der Waals surface area contributed by atoms with Gasteiger partial charge in [0.1, 0.15) is 11.9 Å². The van der Waals surface area contributed by atoms with Crippen LogP contribution in [0.1, 0.15) is 48.5 Å². The Morgan fingerprint density at radius 3 is 2.11 bits per heavy atom. The van der Waals surface area contributed by atoms with Gasteiger partial charge in [0, 0.05) is 17.9 Å². The molecule has 0 saturated carbocycles. The van der Waals surface area contributed by atoms with Crippen LogP contribution in [0.4, 0.5) is 20.6 Å². The van der Waals surface area contributed by atoms with Crippen LogP contribution in [0.25, 0.3) is 11.1 Å². The van der Waals surface area contributed by atoms with E-state index in [2.05, 4.69) is 10.6 Å². The molecule has 0 unspecified atom stereocenters. The molecule has 1 aliphatic heterocycles. The minimum absolute atomic E-state index is 0.0351. The smallest absolute Gasteiger partial charge is 0.335 e. The number of amides is 3. The molecule has 1 aliphatic rings. The molecule has 0 radical (unpaired) electrons. The number of nitrogens with one attached hydrogen (secondary N) is 2. The normalized spacial score (nSPS) is 15.1. The molecule has 1 atom stereocenters. The molecule has 4 rings (SSSR count). The maximum Gasteiger partial charge on any atom is 0.335 e. The SMILES string of the molecule is CC(C)c1ccc(NC(=O)N2CCC[C@@H]2C(=O)Nc2ccc(-c3ccc(C(=O)O)cc3)cc2)cc1F. The van der Waals surface area contributed by atoms with Crippen molar-refractivity contribution in [2.75, 3.05) is 17.2 Å². The number of aromatic carboxylic acids is 1. The summed E-state index contributed by atoms with van der Waals surface area (Å²) in [5, 5.41) is 14.6. The van der Waals surface area contributed by atoms with Crippen LogP contribution in [0.3, 0.4) is 0 Å². The van der Waals surface area contributed by atoms with Crippen LogP contribution in [0, 0.1) is 5.82 Å². The Morgan fingerprint density at radius 1 is 0.917 bits per heavy atom. The summed E-state index contributed by atoms with van der Waals surface area (Å²) in [6, 6.07) is 17.3. The predicted molar refractivity (Wildman–Crippen MR) is 137 cm³/mol. The first-order valence-corrected chi connectivity index (χ1v) is 11.8. The van der Waals surface area contributed by atoms with Crippen LogP contribution >= 0.6 is 0 Å². The summed E-state index contributed by atoms with van der Waals surface area (Å²) in [4.78, 5) is 38.3. The van der Waals surface area contributed by atoms with Crippen LogP contribution in [0.15, 0.2) is 66.7 Å². The van der Waals surface area contributed by atoms with Gasteiger partial charge >= 0.3 is 12.0 Å².